The molecule has 20 heavy (non-hydrogen) atoms. The van der Waals surface area contributed by atoms with Crippen LogP contribution in [0, 0.1) is 11.3 Å². The van der Waals surface area contributed by atoms with Gasteiger partial charge in [-0.25, -0.2) is 0 Å². The third-order valence-corrected chi connectivity index (χ3v) is 3.03. The number of benzene rings is 1. The average molecular weight is 332 g/mol. The van der Waals surface area contributed by atoms with Crippen LogP contribution in [0.1, 0.15) is 5.56 Å². The van der Waals surface area contributed by atoms with Crippen molar-refractivity contribution in [2.45, 2.75) is 6.54 Å². The lowest BCUT2D eigenvalue weighted by atomic mass is 10.2. The Balaban J connectivity index is 2.07. The number of nitriles is 1. The number of hydrogen-bond donors (Lipinski definition) is 1. The Bertz CT molecular complexity index is 729. The summed E-state index contributed by atoms with van der Waals surface area (Å²) < 4.78 is 2.03. The topological polar surface area (TPSA) is 74.9 Å². The second-order valence-corrected chi connectivity index (χ2v) is 4.97. The Morgan fingerprint density at radius 3 is 2.60 bits per heavy atom. The Morgan fingerprint density at radius 2 is 1.95 bits per heavy atom. The fourth-order valence-corrected chi connectivity index (χ4v) is 1.99. The molecule has 5 nitrogen and oxygen atoms in total. The number of amides is 1. The summed E-state index contributed by atoms with van der Waals surface area (Å²) in [5.74, 6) is -0.310. The maximum absolute atomic E-state index is 11.8. The minimum absolute atomic E-state index is 0.0712. The zero-order valence-electron chi connectivity index (χ0n) is 10.3. The molecule has 0 saturated carbocycles. The molecule has 1 aromatic heterocycles. The molecule has 1 heterocycles. The summed E-state index contributed by atoms with van der Waals surface area (Å²) in [5, 5.41) is 11.3. The summed E-state index contributed by atoms with van der Waals surface area (Å²) >= 11 is 3.25. The second kappa shape index (κ2) is 6.17. The largest absolute Gasteiger partial charge is 0.325 e. The van der Waals surface area contributed by atoms with Crippen molar-refractivity contribution in [1.29, 1.82) is 5.26 Å². The van der Waals surface area contributed by atoms with Crippen LogP contribution in [0.2, 0.25) is 0 Å². The van der Waals surface area contributed by atoms with Gasteiger partial charge >= 0.3 is 0 Å². The molecule has 0 spiro atoms. The van der Waals surface area contributed by atoms with Crippen molar-refractivity contribution in [3.8, 4) is 6.07 Å². The number of hydrogen-bond acceptors (Lipinski definition) is 3. The van der Waals surface area contributed by atoms with Gasteiger partial charge in [-0.3, -0.25) is 9.59 Å². The number of aromatic nitrogens is 1. The van der Waals surface area contributed by atoms with Crippen molar-refractivity contribution < 1.29 is 4.79 Å². The number of rotatable bonds is 3. The number of pyridine rings is 1. The van der Waals surface area contributed by atoms with E-state index in [2.05, 4.69) is 21.2 Å². The zero-order chi connectivity index (χ0) is 14.5. The van der Waals surface area contributed by atoms with E-state index in [0.29, 0.717) is 11.3 Å². The van der Waals surface area contributed by atoms with E-state index in [1.165, 1.54) is 10.6 Å². The Hall–Kier alpha value is -2.39. The van der Waals surface area contributed by atoms with Gasteiger partial charge in [-0.2, -0.15) is 5.26 Å². The van der Waals surface area contributed by atoms with E-state index in [1.807, 2.05) is 6.07 Å². The first-order valence-corrected chi connectivity index (χ1v) is 6.54. The van der Waals surface area contributed by atoms with Crippen LogP contribution in [-0.2, 0) is 11.3 Å². The molecule has 6 heteroatoms. The van der Waals surface area contributed by atoms with E-state index in [1.54, 1.807) is 36.5 Å². The maximum atomic E-state index is 11.8. The zero-order valence-corrected chi connectivity index (χ0v) is 11.9. The van der Waals surface area contributed by atoms with Crippen LogP contribution in [0.15, 0.2) is 51.9 Å². The van der Waals surface area contributed by atoms with Crippen molar-refractivity contribution in [2.75, 3.05) is 5.32 Å². The van der Waals surface area contributed by atoms with E-state index in [-0.39, 0.29) is 18.0 Å². The van der Waals surface area contributed by atoms with Crippen LogP contribution >= 0.6 is 15.9 Å². The van der Waals surface area contributed by atoms with E-state index in [4.69, 9.17) is 5.26 Å². The number of nitrogens with one attached hydrogen (secondary N) is 1. The summed E-state index contributed by atoms with van der Waals surface area (Å²) in [5.41, 5.74) is 0.853. The first kappa shape index (κ1) is 14.0. The molecule has 1 amide bonds. The number of carbonyl (C=O) groups excluding carboxylic acids is 1. The molecule has 0 aliphatic carbocycles. The predicted molar refractivity (Wildman–Crippen MR) is 78.2 cm³/mol. The second-order valence-electron chi connectivity index (χ2n) is 4.05. The van der Waals surface area contributed by atoms with E-state index < -0.39 is 0 Å². The molecule has 2 rings (SSSR count). The lowest BCUT2D eigenvalue weighted by molar-refractivity contribution is -0.116. The van der Waals surface area contributed by atoms with Crippen molar-refractivity contribution in [1.82, 2.24) is 4.57 Å². The van der Waals surface area contributed by atoms with Crippen LogP contribution in [0.3, 0.4) is 0 Å². The predicted octanol–water partition coefficient (Wildman–Crippen LogP) is 2.12. The molecule has 1 aromatic carbocycles. The number of halogens is 1. The van der Waals surface area contributed by atoms with Gasteiger partial charge in [-0.15, -0.1) is 0 Å². The van der Waals surface area contributed by atoms with Crippen LogP contribution in [-0.4, -0.2) is 10.5 Å². The standard InChI is InChI=1S/C14H10BrN3O2/c15-11-3-6-14(20)18(8-11)9-13(19)17-12-4-1-10(7-16)2-5-12/h1-6,8H,9H2,(H,17,19). The molecular formula is C14H10BrN3O2. The number of anilines is 1. The van der Waals surface area contributed by atoms with Gasteiger partial charge in [0.2, 0.25) is 5.91 Å². The summed E-state index contributed by atoms with van der Waals surface area (Å²) in [6, 6.07) is 11.5. The molecule has 0 bridgehead atoms. The first-order chi connectivity index (χ1) is 9.58. The molecule has 0 fully saturated rings. The van der Waals surface area contributed by atoms with Gasteiger partial charge in [0.25, 0.3) is 5.56 Å². The van der Waals surface area contributed by atoms with Gasteiger partial charge in [-0.1, -0.05) is 0 Å². The van der Waals surface area contributed by atoms with Gasteiger partial charge in [0.05, 0.1) is 11.6 Å². The monoisotopic (exact) mass is 331 g/mol. The molecule has 0 unspecified atom stereocenters. The minimum atomic E-state index is -0.310. The fourth-order valence-electron chi connectivity index (χ4n) is 1.61. The SMILES string of the molecule is N#Cc1ccc(NC(=O)Cn2cc(Br)ccc2=O)cc1. The van der Waals surface area contributed by atoms with Crippen molar-refractivity contribution in [3.05, 3.63) is 63.0 Å². The highest BCUT2D eigenvalue weighted by atomic mass is 79.9. The summed E-state index contributed by atoms with van der Waals surface area (Å²) in [7, 11) is 0. The third-order valence-electron chi connectivity index (χ3n) is 2.56. The van der Waals surface area contributed by atoms with E-state index in [0.717, 1.165) is 4.47 Å². The minimum Gasteiger partial charge on any atom is -0.325 e. The molecule has 0 saturated heterocycles. The van der Waals surface area contributed by atoms with Crippen LogP contribution < -0.4 is 10.9 Å². The quantitative estimate of drug-likeness (QED) is 0.935. The van der Waals surface area contributed by atoms with Crippen LogP contribution in [0.4, 0.5) is 5.69 Å². The Kier molecular flexibility index (Phi) is 4.33. The number of carbonyl (C=O) groups is 1. The van der Waals surface area contributed by atoms with Gasteiger partial charge in [0, 0.05) is 22.4 Å². The first-order valence-electron chi connectivity index (χ1n) is 5.74. The highest BCUT2D eigenvalue weighted by Crippen LogP contribution is 2.09. The maximum Gasteiger partial charge on any atom is 0.251 e. The normalized spacial score (nSPS) is 9.80. The van der Waals surface area contributed by atoms with Crippen molar-refractivity contribution in [2.24, 2.45) is 0 Å². The lowest BCUT2D eigenvalue weighted by Crippen LogP contribution is -2.26. The Morgan fingerprint density at radius 1 is 1.25 bits per heavy atom. The molecule has 2 aromatic rings. The fraction of sp³-hybridized carbons (Fsp3) is 0.0714. The summed E-state index contributed by atoms with van der Waals surface area (Å²) in [6.45, 7) is -0.0712. The van der Waals surface area contributed by atoms with Crippen LogP contribution in [0.5, 0.6) is 0 Å². The highest BCUT2D eigenvalue weighted by Gasteiger charge is 2.05. The van der Waals surface area contributed by atoms with Crippen molar-refractivity contribution in [3.63, 3.8) is 0 Å². The smallest absolute Gasteiger partial charge is 0.251 e. The van der Waals surface area contributed by atoms with Gasteiger partial charge < -0.3 is 9.88 Å². The summed E-state index contributed by atoms with van der Waals surface area (Å²) in [6.07, 6.45) is 1.56. The molecular weight excluding hydrogens is 322 g/mol. The Labute approximate surface area is 123 Å². The third kappa shape index (κ3) is 3.56. The van der Waals surface area contributed by atoms with E-state index in [9.17, 15) is 9.59 Å². The van der Waals surface area contributed by atoms with Gasteiger partial charge in [0.1, 0.15) is 6.54 Å². The molecule has 100 valence electrons. The van der Waals surface area contributed by atoms with Crippen molar-refractivity contribution >= 4 is 27.5 Å². The van der Waals surface area contributed by atoms with Gasteiger partial charge in [-0.05, 0) is 46.3 Å². The number of nitrogens with zero attached hydrogens (tertiary/aromatic N) is 2. The molecule has 0 atom stereocenters. The molecule has 0 aliphatic rings. The van der Waals surface area contributed by atoms with Gasteiger partial charge in [0.15, 0.2) is 0 Å². The van der Waals surface area contributed by atoms with E-state index >= 15 is 0 Å². The highest BCUT2D eigenvalue weighted by molar-refractivity contribution is 9.10. The average Bonchev–Trinajstić information content (AvgIpc) is 2.43. The lowest BCUT2D eigenvalue weighted by Gasteiger charge is -2.07. The molecule has 0 aliphatic heterocycles. The molecule has 1 N–H and O–H groups in total. The summed E-state index contributed by atoms with van der Waals surface area (Å²) in [4.78, 5) is 23.4. The van der Waals surface area contributed by atoms with Crippen LogP contribution in [0.25, 0.3) is 0 Å². The molecule has 0 radical (unpaired) electrons.